The van der Waals surface area contributed by atoms with Crippen LogP contribution in [-0.4, -0.2) is 112 Å². The Labute approximate surface area is 222 Å². The Morgan fingerprint density at radius 3 is 1.35 bits per heavy atom. The summed E-state index contributed by atoms with van der Waals surface area (Å²) in [7, 11) is 0. The quantitative estimate of drug-likeness (QED) is 0.0809. The molecule has 22 heteroatoms. The summed E-state index contributed by atoms with van der Waals surface area (Å²) < 4.78 is 25.1. The first-order valence-corrected chi connectivity index (χ1v) is 11.2. The highest BCUT2D eigenvalue weighted by Crippen LogP contribution is 2.29. The van der Waals surface area contributed by atoms with Gasteiger partial charge in [0.15, 0.2) is 24.6 Å². The van der Waals surface area contributed by atoms with Crippen LogP contribution in [0.1, 0.15) is 25.7 Å². The summed E-state index contributed by atoms with van der Waals surface area (Å²) in [6.45, 7) is -4.46. The summed E-state index contributed by atoms with van der Waals surface area (Å²) >= 11 is 0. The van der Waals surface area contributed by atoms with Gasteiger partial charge in [-0.25, -0.2) is 0 Å². The van der Waals surface area contributed by atoms with E-state index < -0.39 is 133 Å². The van der Waals surface area contributed by atoms with Gasteiger partial charge in [-0.05, 0) is 0 Å². The third-order valence-electron chi connectivity index (χ3n) is 4.81. The minimum absolute atomic E-state index is 0.703. The van der Waals surface area contributed by atoms with Gasteiger partial charge >= 0.3 is 23.9 Å². The van der Waals surface area contributed by atoms with Crippen LogP contribution in [0.4, 0.5) is 0 Å². The number of carbonyl (C=O) groups is 4. The van der Waals surface area contributed by atoms with Gasteiger partial charge in [-0.3, -0.25) is 59.6 Å². The molecule has 0 aromatic carbocycles. The Morgan fingerprint density at radius 2 is 0.950 bits per heavy atom. The van der Waals surface area contributed by atoms with Crippen molar-refractivity contribution in [2.45, 2.75) is 56.4 Å². The standard InChI is InChI=1S/C18H24N4O18/c23-11(1-5-19(28)29)36-9-10-15(38-12(24)2-6-20(30)31)16(39-13(25)3-7-21(32)33)17(18(27)37-10)40-14(26)4-8-22(34)35/h10,15-18,27H,1-9H2/t10-,15-,16+,17-,18+/m0/s1. The molecule has 0 unspecified atom stereocenters. The van der Waals surface area contributed by atoms with E-state index in [9.17, 15) is 64.7 Å². The molecule has 0 aromatic heterocycles. The zero-order valence-corrected chi connectivity index (χ0v) is 20.4. The lowest BCUT2D eigenvalue weighted by atomic mass is 9.98. The van der Waals surface area contributed by atoms with Crippen LogP contribution in [-0.2, 0) is 42.9 Å². The van der Waals surface area contributed by atoms with Gasteiger partial charge in [-0.1, -0.05) is 0 Å². The number of carbonyl (C=O) groups excluding carboxylic acids is 4. The number of aliphatic hydroxyl groups is 1. The van der Waals surface area contributed by atoms with Crippen molar-refractivity contribution in [3.05, 3.63) is 40.5 Å². The van der Waals surface area contributed by atoms with Crippen LogP contribution in [0.25, 0.3) is 0 Å². The van der Waals surface area contributed by atoms with Gasteiger partial charge in [0.2, 0.25) is 26.2 Å². The summed E-state index contributed by atoms with van der Waals surface area (Å²) in [5, 5.41) is 52.7. The number of hydrogen-bond donors (Lipinski definition) is 1. The number of rotatable bonds is 17. The Hall–Kier alpha value is -4.60. The largest absolute Gasteiger partial charge is 0.463 e. The van der Waals surface area contributed by atoms with Crippen molar-refractivity contribution in [1.82, 2.24) is 0 Å². The second-order valence-corrected chi connectivity index (χ2v) is 7.84. The highest BCUT2D eigenvalue weighted by Gasteiger charge is 2.52. The maximum atomic E-state index is 12.3. The molecule has 1 heterocycles. The second-order valence-electron chi connectivity index (χ2n) is 7.84. The molecule has 1 aliphatic heterocycles. The van der Waals surface area contributed by atoms with E-state index in [4.69, 9.17) is 23.7 Å². The summed E-state index contributed by atoms with van der Waals surface area (Å²) in [5.41, 5.74) is 0. The first kappa shape index (κ1) is 33.4. The fourth-order valence-electron chi connectivity index (χ4n) is 3.04. The molecule has 0 aromatic rings. The van der Waals surface area contributed by atoms with E-state index in [1.165, 1.54) is 0 Å². The second kappa shape index (κ2) is 16.4. The number of ether oxygens (including phenoxy) is 5. The predicted octanol–water partition coefficient (Wildman–Crippen LogP) is -2.35. The molecular weight excluding hydrogens is 560 g/mol. The summed E-state index contributed by atoms with van der Waals surface area (Å²) in [4.78, 5) is 87.3. The van der Waals surface area contributed by atoms with Crippen molar-refractivity contribution in [2.24, 2.45) is 0 Å². The lowest BCUT2D eigenvalue weighted by molar-refractivity contribution is -0.479. The molecule has 1 rings (SSSR count). The topological polar surface area (TPSA) is 307 Å². The van der Waals surface area contributed by atoms with Crippen molar-refractivity contribution in [3.8, 4) is 0 Å². The SMILES string of the molecule is O=C(CC[N+](=O)[O-])OC[C@@H]1O[C@@H](O)[C@@H](OC(=O)CC[N+](=O)[O-])[C@H](OC(=O)CC[N+](=O)[O-])[C@H]1OC(=O)CC[N+](=O)[O-]. The van der Waals surface area contributed by atoms with Crippen molar-refractivity contribution >= 4 is 23.9 Å². The third-order valence-corrected chi connectivity index (χ3v) is 4.81. The van der Waals surface area contributed by atoms with Crippen LogP contribution < -0.4 is 0 Å². The molecule has 0 aliphatic carbocycles. The molecule has 0 radical (unpaired) electrons. The Morgan fingerprint density at radius 1 is 0.600 bits per heavy atom. The van der Waals surface area contributed by atoms with Crippen LogP contribution in [0.2, 0.25) is 0 Å². The zero-order chi connectivity index (χ0) is 30.4. The molecule has 1 aliphatic rings. The first-order valence-electron chi connectivity index (χ1n) is 11.2. The fraction of sp³-hybridized carbons (Fsp3) is 0.778. The fourth-order valence-corrected chi connectivity index (χ4v) is 3.04. The minimum atomic E-state index is -2.22. The number of aliphatic hydroxyl groups excluding tert-OH is 1. The van der Waals surface area contributed by atoms with Gasteiger partial charge in [0.25, 0.3) is 0 Å². The highest BCUT2D eigenvalue weighted by atomic mass is 16.7. The smallest absolute Gasteiger partial charge is 0.313 e. The van der Waals surface area contributed by atoms with E-state index in [-0.39, 0.29) is 0 Å². The van der Waals surface area contributed by atoms with Gasteiger partial charge < -0.3 is 28.8 Å². The average molecular weight is 584 g/mol. The number of nitrogens with zero attached hydrogens (tertiary/aromatic N) is 4. The van der Waals surface area contributed by atoms with Crippen LogP contribution in [0.3, 0.4) is 0 Å². The van der Waals surface area contributed by atoms with Gasteiger partial charge in [0.1, 0.15) is 38.4 Å². The minimum Gasteiger partial charge on any atom is -0.463 e. The van der Waals surface area contributed by atoms with E-state index in [0.29, 0.717) is 0 Å². The monoisotopic (exact) mass is 584 g/mol. The number of hydrogen-bond acceptors (Lipinski definition) is 18. The molecule has 5 atom stereocenters. The third kappa shape index (κ3) is 12.8. The normalized spacial score (nSPS) is 21.9. The average Bonchev–Trinajstić information content (AvgIpc) is 2.86. The van der Waals surface area contributed by atoms with Crippen LogP contribution in [0.5, 0.6) is 0 Å². The summed E-state index contributed by atoms with van der Waals surface area (Å²) in [6.07, 6.45) is -13.2. The van der Waals surface area contributed by atoms with Crippen molar-refractivity contribution < 1.29 is 67.7 Å². The maximum absolute atomic E-state index is 12.3. The Balaban J connectivity index is 3.28. The van der Waals surface area contributed by atoms with Crippen molar-refractivity contribution in [1.29, 1.82) is 0 Å². The molecule has 0 spiro atoms. The molecule has 0 saturated carbocycles. The van der Waals surface area contributed by atoms with Crippen LogP contribution in [0.15, 0.2) is 0 Å². The maximum Gasteiger partial charge on any atom is 0.313 e. The highest BCUT2D eigenvalue weighted by molar-refractivity contribution is 5.72. The molecule has 22 nitrogen and oxygen atoms in total. The van der Waals surface area contributed by atoms with E-state index in [0.717, 1.165) is 0 Å². The summed E-state index contributed by atoms with van der Waals surface area (Å²) in [6, 6.07) is 0. The number of nitro groups is 4. The van der Waals surface area contributed by atoms with Gasteiger partial charge in [-0.15, -0.1) is 0 Å². The van der Waals surface area contributed by atoms with Crippen LogP contribution >= 0.6 is 0 Å². The molecule has 1 fully saturated rings. The Bertz CT molecular complexity index is 988. The van der Waals surface area contributed by atoms with Crippen molar-refractivity contribution in [2.75, 3.05) is 32.8 Å². The molecule has 0 bridgehead atoms. The van der Waals surface area contributed by atoms with E-state index in [2.05, 4.69) is 0 Å². The predicted molar refractivity (Wildman–Crippen MR) is 117 cm³/mol. The lowest BCUT2D eigenvalue weighted by Crippen LogP contribution is -2.62. The van der Waals surface area contributed by atoms with Gasteiger partial charge in [0, 0.05) is 19.7 Å². The lowest BCUT2D eigenvalue weighted by Gasteiger charge is -2.42. The number of esters is 4. The van der Waals surface area contributed by atoms with E-state index >= 15 is 0 Å². The molecule has 40 heavy (non-hydrogen) atoms. The van der Waals surface area contributed by atoms with Gasteiger partial charge in [0.05, 0.1) is 0 Å². The Kier molecular flexibility index (Phi) is 13.7. The van der Waals surface area contributed by atoms with Gasteiger partial charge in [-0.2, -0.15) is 0 Å². The molecular formula is C18H24N4O18. The summed E-state index contributed by atoms with van der Waals surface area (Å²) in [5.74, 6) is -5.06. The van der Waals surface area contributed by atoms with E-state index in [1.807, 2.05) is 0 Å². The molecule has 1 saturated heterocycles. The molecule has 0 amide bonds. The van der Waals surface area contributed by atoms with Crippen LogP contribution in [0, 0.1) is 40.5 Å². The zero-order valence-electron chi connectivity index (χ0n) is 20.4. The van der Waals surface area contributed by atoms with E-state index in [1.54, 1.807) is 0 Å². The van der Waals surface area contributed by atoms with Crippen molar-refractivity contribution in [3.63, 3.8) is 0 Å². The first-order chi connectivity index (χ1) is 18.7. The molecule has 1 N–H and O–H groups in total. The molecule has 224 valence electrons.